The van der Waals surface area contributed by atoms with E-state index in [1.807, 2.05) is 10.9 Å². The van der Waals surface area contributed by atoms with Crippen molar-refractivity contribution in [3.8, 4) is 0 Å². The fourth-order valence-electron chi connectivity index (χ4n) is 1.35. The second kappa shape index (κ2) is 6.53. The normalized spacial score (nSPS) is 13.0. The van der Waals surface area contributed by atoms with Gasteiger partial charge in [0, 0.05) is 26.3 Å². The van der Waals surface area contributed by atoms with Gasteiger partial charge in [-0.3, -0.25) is 4.68 Å². The Balaban J connectivity index is 2.38. The molecule has 86 valence electrons. The van der Waals surface area contributed by atoms with E-state index in [9.17, 15) is 5.11 Å². The minimum absolute atomic E-state index is 0.335. The summed E-state index contributed by atoms with van der Waals surface area (Å²) in [5.74, 6) is 0. The van der Waals surface area contributed by atoms with Gasteiger partial charge in [-0.2, -0.15) is 0 Å². The number of aromatic nitrogens is 3. The van der Waals surface area contributed by atoms with Crippen molar-refractivity contribution < 1.29 is 9.84 Å². The van der Waals surface area contributed by atoms with Crippen LogP contribution in [0.2, 0.25) is 0 Å². The predicted molar refractivity (Wildman–Crippen MR) is 56.5 cm³/mol. The molecule has 1 rings (SSSR count). The summed E-state index contributed by atoms with van der Waals surface area (Å²) in [5, 5.41) is 17.5. The van der Waals surface area contributed by atoms with Crippen LogP contribution in [0.3, 0.4) is 0 Å². The van der Waals surface area contributed by atoms with Crippen molar-refractivity contribution in [3.05, 3.63) is 11.9 Å². The first-order chi connectivity index (χ1) is 7.26. The number of ether oxygens (including phenoxy) is 1. The molecular weight excluding hydrogens is 194 g/mol. The highest BCUT2D eigenvalue weighted by Gasteiger charge is 2.08. The molecule has 1 aromatic rings. The Hall–Kier alpha value is -0.940. The molecule has 0 amide bonds. The minimum atomic E-state index is -0.494. The molecule has 1 aromatic heterocycles. The third-order valence-corrected chi connectivity index (χ3v) is 2.13. The summed E-state index contributed by atoms with van der Waals surface area (Å²) >= 11 is 0. The van der Waals surface area contributed by atoms with Crippen LogP contribution in [0.1, 0.15) is 25.5 Å². The van der Waals surface area contributed by atoms with Crippen LogP contribution < -0.4 is 0 Å². The van der Waals surface area contributed by atoms with Crippen molar-refractivity contribution in [2.45, 2.75) is 38.8 Å². The molecular formula is C10H19N3O2. The zero-order valence-electron chi connectivity index (χ0n) is 9.39. The van der Waals surface area contributed by atoms with E-state index < -0.39 is 6.10 Å². The lowest BCUT2D eigenvalue weighted by Gasteiger charge is -2.05. The minimum Gasteiger partial charge on any atom is -0.390 e. The topological polar surface area (TPSA) is 60.2 Å². The van der Waals surface area contributed by atoms with E-state index in [0.29, 0.717) is 13.0 Å². The third kappa shape index (κ3) is 4.40. The number of aliphatic hydroxyl groups excluding tert-OH is 1. The summed E-state index contributed by atoms with van der Waals surface area (Å²) in [6, 6.07) is 0. The van der Waals surface area contributed by atoms with E-state index in [4.69, 9.17) is 4.74 Å². The van der Waals surface area contributed by atoms with E-state index in [2.05, 4.69) is 17.2 Å². The van der Waals surface area contributed by atoms with Crippen LogP contribution in [-0.2, 0) is 17.7 Å². The molecule has 1 N–H and O–H groups in total. The Morgan fingerprint density at radius 1 is 1.60 bits per heavy atom. The maximum atomic E-state index is 9.49. The summed E-state index contributed by atoms with van der Waals surface area (Å²) in [7, 11) is 1.57. The number of nitrogens with zero attached hydrogens (tertiary/aromatic N) is 3. The van der Waals surface area contributed by atoms with Gasteiger partial charge in [0.1, 0.15) is 0 Å². The first kappa shape index (κ1) is 12.1. The van der Waals surface area contributed by atoms with E-state index in [-0.39, 0.29) is 0 Å². The average molecular weight is 213 g/mol. The fraction of sp³-hybridized carbons (Fsp3) is 0.800. The van der Waals surface area contributed by atoms with Gasteiger partial charge in [-0.05, 0) is 6.42 Å². The van der Waals surface area contributed by atoms with Gasteiger partial charge >= 0.3 is 0 Å². The summed E-state index contributed by atoms with van der Waals surface area (Å²) in [5.41, 5.74) is 0.815. The zero-order chi connectivity index (χ0) is 11.1. The molecule has 0 saturated heterocycles. The number of hydrogen-bond acceptors (Lipinski definition) is 4. The second-order valence-corrected chi connectivity index (χ2v) is 3.64. The van der Waals surface area contributed by atoms with E-state index >= 15 is 0 Å². The van der Waals surface area contributed by atoms with Crippen molar-refractivity contribution in [1.29, 1.82) is 0 Å². The smallest absolute Gasteiger partial charge is 0.0853 e. The molecule has 0 aromatic carbocycles. The SMILES string of the molecule is CCCCn1cc(CC(O)COC)nn1. The molecule has 5 heteroatoms. The number of rotatable bonds is 7. The maximum absolute atomic E-state index is 9.49. The predicted octanol–water partition coefficient (Wildman–Crippen LogP) is 0.628. The van der Waals surface area contributed by atoms with E-state index in [1.54, 1.807) is 7.11 Å². The lowest BCUT2D eigenvalue weighted by Crippen LogP contribution is -2.17. The lowest BCUT2D eigenvalue weighted by atomic mass is 10.2. The number of aliphatic hydroxyl groups is 1. The molecule has 0 bridgehead atoms. The molecule has 0 fully saturated rings. The zero-order valence-corrected chi connectivity index (χ0v) is 9.39. The van der Waals surface area contributed by atoms with Crippen molar-refractivity contribution in [1.82, 2.24) is 15.0 Å². The Bertz CT molecular complexity index is 275. The van der Waals surface area contributed by atoms with Gasteiger partial charge in [-0.25, -0.2) is 0 Å². The van der Waals surface area contributed by atoms with Gasteiger partial charge < -0.3 is 9.84 Å². The van der Waals surface area contributed by atoms with Gasteiger partial charge in [-0.1, -0.05) is 18.6 Å². The highest BCUT2D eigenvalue weighted by molar-refractivity contribution is 4.94. The Kier molecular flexibility index (Phi) is 5.28. The highest BCUT2D eigenvalue weighted by atomic mass is 16.5. The van der Waals surface area contributed by atoms with Gasteiger partial charge in [0.15, 0.2) is 0 Å². The average Bonchev–Trinajstić information content (AvgIpc) is 2.63. The van der Waals surface area contributed by atoms with E-state index in [1.165, 1.54) is 0 Å². The third-order valence-electron chi connectivity index (χ3n) is 2.13. The van der Waals surface area contributed by atoms with Crippen LogP contribution in [0.4, 0.5) is 0 Å². The van der Waals surface area contributed by atoms with E-state index in [0.717, 1.165) is 25.1 Å². The maximum Gasteiger partial charge on any atom is 0.0853 e. The lowest BCUT2D eigenvalue weighted by molar-refractivity contribution is 0.0644. The van der Waals surface area contributed by atoms with Gasteiger partial charge in [0.05, 0.1) is 18.4 Å². The first-order valence-electron chi connectivity index (χ1n) is 5.32. The van der Waals surface area contributed by atoms with Crippen LogP contribution in [0.25, 0.3) is 0 Å². The molecule has 1 atom stereocenters. The van der Waals surface area contributed by atoms with Crippen LogP contribution in [0, 0.1) is 0 Å². The van der Waals surface area contributed by atoms with Crippen molar-refractivity contribution in [3.63, 3.8) is 0 Å². The van der Waals surface area contributed by atoms with Gasteiger partial charge in [-0.15, -0.1) is 5.10 Å². The summed E-state index contributed by atoms with van der Waals surface area (Å²) in [6.45, 7) is 3.37. The number of hydrogen-bond donors (Lipinski definition) is 1. The summed E-state index contributed by atoms with van der Waals surface area (Å²) < 4.78 is 6.66. The molecule has 5 nitrogen and oxygen atoms in total. The Morgan fingerprint density at radius 2 is 2.40 bits per heavy atom. The van der Waals surface area contributed by atoms with Crippen molar-refractivity contribution in [2.24, 2.45) is 0 Å². The van der Waals surface area contributed by atoms with Gasteiger partial charge in [0.25, 0.3) is 0 Å². The fourth-order valence-corrected chi connectivity index (χ4v) is 1.35. The molecule has 1 heterocycles. The summed E-state index contributed by atoms with van der Waals surface area (Å²) in [4.78, 5) is 0. The molecule has 0 radical (unpaired) electrons. The Labute approximate surface area is 90.1 Å². The quantitative estimate of drug-likeness (QED) is 0.721. The van der Waals surface area contributed by atoms with Crippen LogP contribution in [0.15, 0.2) is 6.20 Å². The monoisotopic (exact) mass is 213 g/mol. The molecule has 0 spiro atoms. The highest BCUT2D eigenvalue weighted by Crippen LogP contribution is 2.00. The van der Waals surface area contributed by atoms with Crippen molar-refractivity contribution in [2.75, 3.05) is 13.7 Å². The summed E-state index contributed by atoms with van der Waals surface area (Å²) in [6.07, 6.45) is 4.13. The standard InChI is InChI=1S/C10H19N3O2/c1-3-4-5-13-7-9(11-12-13)6-10(14)8-15-2/h7,10,14H,3-6,8H2,1-2H3. The van der Waals surface area contributed by atoms with Crippen molar-refractivity contribution >= 4 is 0 Å². The molecule has 0 aliphatic heterocycles. The van der Waals surface area contributed by atoms with Gasteiger partial charge in [0.2, 0.25) is 0 Å². The largest absolute Gasteiger partial charge is 0.390 e. The molecule has 15 heavy (non-hydrogen) atoms. The number of methoxy groups -OCH3 is 1. The molecule has 0 aliphatic rings. The number of aryl methyl sites for hydroxylation is 1. The number of unbranched alkanes of at least 4 members (excludes halogenated alkanes) is 1. The van der Waals surface area contributed by atoms with Crippen LogP contribution in [0.5, 0.6) is 0 Å². The van der Waals surface area contributed by atoms with Crippen LogP contribution in [-0.4, -0.2) is 39.9 Å². The molecule has 0 saturated carbocycles. The second-order valence-electron chi connectivity index (χ2n) is 3.64. The molecule has 0 aliphatic carbocycles. The molecule has 1 unspecified atom stereocenters. The Morgan fingerprint density at radius 3 is 3.07 bits per heavy atom. The van der Waals surface area contributed by atoms with Crippen LogP contribution >= 0.6 is 0 Å². The first-order valence-corrected chi connectivity index (χ1v) is 5.32.